The highest BCUT2D eigenvalue weighted by atomic mass is 19.1. The second kappa shape index (κ2) is 10.4. The molecule has 6 rings (SSSR count). The lowest BCUT2D eigenvalue weighted by molar-refractivity contribution is 0.200. The van der Waals surface area contributed by atoms with Crippen LogP contribution < -0.4 is 10.5 Å². The summed E-state index contributed by atoms with van der Waals surface area (Å²) in [5.74, 6) is 0.291. The van der Waals surface area contributed by atoms with Crippen LogP contribution in [0.25, 0.3) is 10.9 Å². The van der Waals surface area contributed by atoms with E-state index in [2.05, 4.69) is 55.4 Å². The number of benzene rings is 3. The molecule has 39 heavy (non-hydrogen) atoms. The quantitative estimate of drug-likeness (QED) is 0.359. The summed E-state index contributed by atoms with van der Waals surface area (Å²) in [7, 11) is 0. The SMILES string of the molecule is Cc1cc2cc(C(c3nnnn3Cc3ccc(F)cc3)N3CCN(c4ccccc4)CC3)c(=O)[nH]c2cc1C. The molecule has 3 heterocycles. The molecule has 9 heteroatoms. The van der Waals surface area contributed by atoms with Crippen LogP contribution in [0.4, 0.5) is 10.1 Å². The number of aryl methyl sites for hydroxylation is 2. The van der Waals surface area contributed by atoms with E-state index in [0.29, 0.717) is 17.9 Å². The van der Waals surface area contributed by atoms with E-state index in [1.165, 1.54) is 17.8 Å². The number of para-hydroxylation sites is 1. The fourth-order valence-electron chi connectivity index (χ4n) is 5.36. The number of anilines is 1. The van der Waals surface area contributed by atoms with Gasteiger partial charge in [-0.05, 0) is 88.8 Å². The van der Waals surface area contributed by atoms with Crippen molar-refractivity contribution in [3.05, 3.63) is 117 Å². The number of aromatic nitrogens is 5. The lowest BCUT2D eigenvalue weighted by Gasteiger charge is -2.39. The van der Waals surface area contributed by atoms with Crippen molar-refractivity contribution in [2.45, 2.75) is 26.4 Å². The van der Waals surface area contributed by atoms with Crippen molar-refractivity contribution < 1.29 is 4.39 Å². The molecular weight excluding hydrogens is 493 g/mol. The third kappa shape index (κ3) is 5.05. The van der Waals surface area contributed by atoms with Crippen LogP contribution in [-0.2, 0) is 6.54 Å². The van der Waals surface area contributed by atoms with Gasteiger partial charge >= 0.3 is 0 Å². The Bertz CT molecular complexity index is 1660. The predicted octanol–water partition coefficient (Wildman–Crippen LogP) is 4.23. The minimum atomic E-state index is -0.451. The van der Waals surface area contributed by atoms with E-state index in [0.717, 1.165) is 53.8 Å². The van der Waals surface area contributed by atoms with E-state index in [9.17, 15) is 9.18 Å². The van der Waals surface area contributed by atoms with E-state index >= 15 is 0 Å². The van der Waals surface area contributed by atoms with Crippen molar-refractivity contribution in [3.63, 3.8) is 0 Å². The van der Waals surface area contributed by atoms with E-state index in [4.69, 9.17) is 0 Å². The second-order valence-corrected chi connectivity index (χ2v) is 10.2. The number of rotatable bonds is 6. The molecule has 0 spiro atoms. The maximum atomic E-state index is 13.6. The summed E-state index contributed by atoms with van der Waals surface area (Å²) in [5, 5.41) is 13.7. The van der Waals surface area contributed by atoms with Crippen LogP contribution in [0.2, 0.25) is 0 Å². The van der Waals surface area contributed by atoms with Crippen molar-refractivity contribution in [1.29, 1.82) is 0 Å². The van der Waals surface area contributed by atoms with E-state index < -0.39 is 6.04 Å². The molecule has 8 nitrogen and oxygen atoms in total. The Balaban J connectivity index is 1.40. The molecule has 5 aromatic rings. The topological polar surface area (TPSA) is 82.9 Å². The molecule has 1 aliphatic heterocycles. The Kier molecular flexibility index (Phi) is 6.66. The Morgan fingerprint density at radius 1 is 0.923 bits per heavy atom. The van der Waals surface area contributed by atoms with Crippen LogP contribution in [0, 0.1) is 19.7 Å². The number of hydrogen-bond acceptors (Lipinski definition) is 6. The van der Waals surface area contributed by atoms with Gasteiger partial charge in [-0.3, -0.25) is 9.69 Å². The smallest absolute Gasteiger partial charge is 0.253 e. The van der Waals surface area contributed by atoms with Gasteiger partial charge in [0.25, 0.3) is 5.56 Å². The molecule has 198 valence electrons. The van der Waals surface area contributed by atoms with Crippen molar-refractivity contribution in [3.8, 4) is 0 Å². The van der Waals surface area contributed by atoms with E-state index in [-0.39, 0.29) is 11.4 Å². The van der Waals surface area contributed by atoms with Gasteiger partial charge < -0.3 is 9.88 Å². The Morgan fingerprint density at radius 3 is 2.38 bits per heavy atom. The number of hydrogen-bond donors (Lipinski definition) is 1. The minimum absolute atomic E-state index is 0.155. The molecular formula is C30H30FN7O. The van der Waals surface area contributed by atoms with E-state index in [1.54, 1.807) is 16.8 Å². The Labute approximate surface area is 225 Å². The van der Waals surface area contributed by atoms with Gasteiger partial charge in [-0.15, -0.1) is 5.10 Å². The van der Waals surface area contributed by atoms with Crippen molar-refractivity contribution in [2.75, 3.05) is 31.1 Å². The Hall–Kier alpha value is -4.37. The number of nitrogens with zero attached hydrogens (tertiary/aromatic N) is 6. The lowest BCUT2D eigenvalue weighted by atomic mass is 10.00. The summed E-state index contributed by atoms with van der Waals surface area (Å²) < 4.78 is 15.2. The fourth-order valence-corrected chi connectivity index (χ4v) is 5.36. The number of fused-ring (bicyclic) bond motifs is 1. The minimum Gasteiger partial charge on any atom is -0.369 e. The molecule has 3 aromatic carbocycles. The van der Waals surface area contributed by atoms with Crippen molar-refractivity contribution in [2.24, 2.45) is 0 Å². The molecule has 0 saturated carbocycles. The zero-order valence-corrected chi connectivity index (χ0v) is 22.0. The van der Waals surface area contributed by atoms with Gasteiger partial charge in [0.15, 0.2) is 5.82 Å². The number of tetrazole rings is 1. The number of piperazine rings is 1. The highest BCUT2D eigenvalue weighted by Gasteiger charge is 2.33. The highest BCUT2D eigenvalue weighted by Crippen LogP contribution is 2.29. The van der Waals surface area contributed by atoms with Crippen molar-refractivity contribution in [1.82, 2.24) is 30.1 Å². The third-order valence-corrected chi connectivity index (χ3v) is 7.63. The predicted molar refractivity (Wildman–Crippen MR) is 149 cm³/mol. The van der Waals surface area contributed by atoms with Crippen LogP contribution in [0.5, 0.6) is 0 Å². The van der Waals surface area contributed by atoms with Gasteiger partial charge in [-0.25, -0.2) is 9.07 Å². The first-order chi connectivity index (χ1) is 19.0. The first-order valence-electron chi connectivity index (χ1n) is 13.1. The highest BCUT2D eigenvalue weighted by molar-refractivity contribution is 5.81. The van der Waals surface area contributed by atoms with Gasteiger partial charge in [0.2, 0.25) is 0 Å². The number of H-pyrrole nitrogens is 1. The third-order valence-electron chi connectivity index (χ3n) is 7.63. The molecule has 2 aromatic heterocycles. The number of aromatic amines is 1. The maximum Gasteiger partial charge on any atom is 0.253 e. The molecule has 1 aliphatic rings. The zero-order chi connectivity index (χ0) is 26.9. The van der Waals surface area contributed by atoms with Crippen molar-refractivity contribution >= 4 is 16.6 Å². The van der Waals surface area contributed by atoms with Crippen LogP contribution in [-0.4, -0.2) is 56.3 Å². The lowest BCUT2D eigenvalue weighted by Crippen LogP contribution is -2.49. The van der Waals surface area contributed by atoms with Crippen LogP contribution >= 0.6 is 0 Å². The number of pyridine rings is 1. The molecule has 0 bridgehead atoms. The van der Waals surface area contributed by atoms with E-state index in [1.807, 2.05) is 37.3 Å². The normalized spacial score (nSPS) is 15.1. The molecule has 0 amide bonds. The van der Waals surface area contributed by atoms with Gasteiger partial charge in [-0.2, -0.15) is 0 Å². The largest absolute Gasteiger partial charge is 0.369 e. The van der Waals surface area contributed by atoms with Gasteiger partial charge in [0, 0.05) is 42.9 Å². The molecule has 1 unspecified atom stereocenters. The summed E-state index contributed by atoms with van der Waals surface area (Å²) in [4.78, 5) is 21.3. The zero-order valence-electron chi connectivity index (χ0n) is 22.0. The fraction of sp³-hybridized carbons (Fsp3) is 0.267. The second-order valence-electron chi connectivity index (χ2n) is 10.2. The summed E-state index contributed by atoms with van der Waals surface area (Å²) in [6, 6.07) is 22.3. The first kappa shape index (κ1) is 24.9. The summed E-state index contributed by atoms with van der Waals surface area (Å²) in [6.45, 7) is 7.56. The summed E-state index contributed by atoms with van der Waals surface area (Å²) >= 11 is 0. The molecule has 1 saturated heterocycles. The van der Waals surface area contributed by atoms with Crippen LogP contribution in [0.15, 0.2) is 77.6 Å². The first-order valence-corrected chi connectivity index (χ1v) is 13.1. The number of nitrogens with one attached hydrogen (secondary N) is 1. The van der Waals surface area contributed by atoms with Gasteiger partial charge in [0.05, 0.1) is 6.54 Å². The Morgan fingerprint density at radius 2 is 1.64 bits per heavy atom. The molecule has 1 N–H and O–H groups in total. The average molecular weight is 524 g/mol. The molecule has 0 aliphatic carbocycles. The van der Waals surface area contributed by atoms with Crippen LogP contribution in [0.3, 0.4) is 0 Å². The number of halogens is 1. The average Bonchev–Trinajstić information content (AvgIpc) is 3.40. The molecule has 1 atom stereocenters. The standard InChI is InChI=1S/C30H30FN7O/c1-20-16-23-18-26(30(39)32-27(23)17-21(20)2)28(37-14-12-36(13-15-37)25-6-4-3-5-7-25)29-33-34-35-38(29)19-22-8-10-24(31)11-9-22/h3-11,16-18,28H,12-15,19H2,1-2H3,(H,32,39). The maximum absolute atomic E-state index is 13.6. The van der Waals surface area contributed by atoms with Gasteiger partial charge in [0.1, 0.15) is 11.9 Å². The molecule has 1 fully saturated rings. The summed E-state index contributed by atoms with van der Waals surface area (Å²) in [5.41, 5.74) is 5.61. The van der Waals surface area contributed by atoms with Crippen LogP contribution in [0.1, 0.15) is 34.1 Å². The monoisotopic (exact) mass is 523 g/mol. The molecule has 0 radical (unpaired) electrons. The summed E-state index contributed by atoms with van der Waals surface area (Å²) in [6.07, 6.45) is 0. The van der Waals surface area contributed by atoms with Gasteiger partial charge in [-0.1, -0.05) is 30.3 Å².